The van der Waals surface area contributed by atoms with Crippen LogP contribution in [-0.2, 0) is 24.2 Å². The number of carbonyl (C=O) groups excluding carboxylic acids is 1. The second kappa shape index (κ2) is 9.15. The number of fused-ring (bicyclic) bond motifs is 1. The molecule has 1 aliphatic rings. The molecule has 1 amide bonds. The van der Waals surface area contributed by atoms with Crippen LogP contribution in [-0.4, -0.2) is 31.9 Å². The average Bonchev–Trinajstić information content (AvgIpc) is 3.35. The lowest BCUT2D eigenvalue weighted by atomic mass is 10.1. The first kappa shape index (κ1) is 20.2. The Labute approximate surface area is 181 Å². The van der Waals surface area contributed by atoms with Crippen LogP contribution >= 0.6 is 34.9 Å². The van der Waals surface area contributed by atoms with Crippen LogP contribution in [0.2, 0.25) is 0 Å². The lowest BCUT2D eigenvalue weighted by molar-refractivity contribution is -0.113. The van der Waals surface area contributed by atoms with Gasteiger partial charge in [0.1, 0.15) is 0 Å². The van der Waals surface area contributed by atoms with Gasteiger partial charge in [-0.15, -0.1) is 23.1 Å². The van der Waals surface area contributed by atoms with E-state index in [-0.39, 0.29) is 17.2 Å². The van der Waals surface area contributed by atoms with Gasteiger partial charge in [0.25, 0.3) is 5.56 Å². The smallest absolute Gasteiger partial charge is 0.268 e. The zero-order chi connectivity index (χ0) is 20.2. The summed E-state index contributed by atoms with van der Waals surface area (Å²) in [6.07, 6.45) is 1.54. The van der Waals surface area contributed by atoms with Crippen LogP contribution in [0, 0.1) is 6.92 Å². The summed E-state index contributed by atoms with van der Waals surface area (Å²) in [6, 6.07) is 10.1. The molecular formula is C20H20N4O2S3. The fourth-order valence-electron chi connectivity index (χ4n) is 3.01. The van der Waals surface area contributed by atoms with Gasteiger partial charge < -0.3 is 5.32 Å². The van der Waals surface area contributed by atoms with E-state index < -0.39 is 0 Å². The lowest BCUT2D eigenvalue weighted by Crippen LogP contribution is -2.27. The predicted octanol–water partition coefficient (Wildman–Crippen LogP) is 3.63. The van der Waals surface area contributed by atoms with E-state index in [0.717, 1.165) is 34.9 Å². The average molecular weight is 445 g/mol. The molecule has 9 heteroatoms. The van der Waals surface area contributed by atoms with Crippen molar-refractivity contribution in [2.75, 3.05) is 16.8 Å². The number of hydrogen-bond acceptors (Lipinski definition) is 7. The molecule has 3 heterocycles. The standard InChI is InChI=1S/C20H20N4O2S3/c1-13-11-28-19(21-13)23-16(25)12-29-20-22-15-8-10-27-17(15)18(26)24(20)9-7-14-5-3-2-4-6-14/h2-6,11H,7-10,12H2,1H3,(H,21,23,25). The van der Waals surface area contributed by atoms with Gasteiger partial charge in [-0.3, -0.25) is 14.2 Å². The van der Waals surface area contributed by atoms with Crippen molar-refractivity contribution in [3.05, 3.63) is 63.0 Å². The van der Waals surface area contributed by atoms with Crippen molar-refractivity contribution in [3.8, 4) is 0 Å². The van der Waals surface area contributed by atoms with Gasteiger partial charge in [-0.1, -0.05) is 42.1 Å². The van der Waals surface area contributed by atoms with Crippen LogP contribution in [0.3, 0.4) is 0 Å². The molecule has 3 aromatic rings. The third kappa shape index (κ3) is 4.91. The highest BCUT2D eigenvalue weighted by Gasteiger charge is 2.22. The molecule has 0 bridgehead atoms. The van der Waals surface area contributed by atoms with E-state index in [9.17, 15) is 9.59 Å². The summed E-state index contributed by atoms with van der Waals surface area (Å²) in [5.74, 6) is 0.916. The molecule has 0 atom stereocenters. The first-order valence-electron chi connectivity index (χ1n) is 9.25. The Morgan fingerprint density at radius 2 is 2.10 bits per heavy atom. The minimum absolute atomic E-state index is 0.00638. The molecule has 0 spiro atoms. The maximum absolute atomic E-state index is 13.0. The van der Waals surface area contributed by atoms with Crippen molar-refractivity contribution < 1.29 is 4.79 Å². The molecule has 0 saturated heterocycles. The molecule has 150 valence electrons. The van der Waals surface area contributed by atoms with Crippen LogP contribution in [0.15, 0.2) is 50.6 Å². The summed E-state index contributed by atoms with van der Waals surface area (Å²) < 4.78 is 1.72. The third-order valence-electron chi connectivity index (χ3n) is 4.41. The molecule has 4 rings (SSSR count). The summed E-state index contributed by atoms with van der Waals surface area (Å²) in [7, 11) is 0. The Morgan fingerprint density at radius 1 is 1.28 bits per heavy atom. The number of thioether (sulfide) groups is 2. The molecule has 1 aliphatic heterocycles. The fourth-order valence-corrected chi connectivity index (χ4v) is 5.60. The number of benzene rings is 1. The summed E-state index contributed by atoms with van der Waals surface area (Å²) >= 11 is 4.28. The normalized spacial score (nSPS) is 12.7. The SMILES string of the molecule is Cc1csc(NC(=O)CSc2nc3c(c(=O)n2CCc2ccccc2)SCC3)n1. The van der Waals surface area contributed by atoms with Crippen molar-refractivity contribution in [2.45, 2.75) is 36.4 Å². The molecule has 0 fully saturated rings. The van der Waals surface area contributed by atoms with Crippen LogP contribution < -0.4 is 10.9 Å². The van der Waals surface area contributed by atoms with Gasteiger partial charge in [-0.25, -0.2) is 9.97 Å². The van der Waals surface area contributed by atoms with Gasteiger partial charge in [0, 0.05) is 24.1 Å². The minimum Gasteiger partial charge on any atom is -0.301 e. The molecule has 2 aromatic heterocycles. The molecule has 0 unspecified atom stereocenters. The van der Waals surface area contributed by atoms with Crippen LogP contribution in [0.4, 0.5) is 5.13 Å². The highest BCUT2D eigenvalue weighted by molar-refractivity contribution is 8.00. The highest BCUT2D eigenvalue weighted by Crippen LogP contribution is 2.29. The van der Waals surface area contributed by atoms with Crippen molar-refractivity contribution in [3.63, 3.8) is 0 Å². The number of amides is 1. The van der Waals surface area contributed by atoms with Crippen molar-refractivity contribution in [1.82, 2.24) is 14.5 Å². The first-order chi connectivity index (χ1) is 14.1. The van der Waals surface area contributed by atoms with Crippen LogP contribution in [0.25, 0.3) is 0 Å². The number of rotatable bonds is 7. The Hall–Kier alpha value is -2.10. The molecular weight excluding hydrogens is 424 g/mol. The molecule has 0 saturated carbocycles. The molecule has 0 radical (unpaired) electrons. The Bertz CT molecular complexity index is 1080. The van der Waals surface area contributed by atoms with Gasteiger partial charge in [0.05, 0.1) is 22.0 Å². The minimum atomic E-state index is -0.150. The third-order valence-corrected chi connectivity index (χ3v) is 7.37. The van der Waals surface area contributed by atoms with E-state index in [2.05, 4.69) is 22.4 Å². The summed E-state index contributed by atoms with van der Waals surface area (Å²) in [6.45, 7) is 2.43. The maximum Gasteiger partial charge on any atom is 0.268 e. The van der Waals surface area contributed by atoms with Gasteiger partial charge in [-0.2, -0.15) is 0 Å². The second-order valence-corrected chi connectivity index (χ2v) is 9.50. The number of nitrogens with zero attached hydrogens (tertiary/aromatic N) is 3. The van der Waals surface area contributed by atoms with E-state index >= 15 is 0 Å². The molecule has 6 nitrogen and oxygen atoms in total. The lowest BCUT2D eigenvalue weighted by Gasteiger charge is -2.13. The van der Waals surface area contributed by atoms with Crippen molar-refractivity contribution >= 4 is 45.9 Å². The number of hydrogen-bond donors (Lipinski definition) is 1. The first-order valence-corrected chi connectivity index (χ1v) is 12.1. The maximum atomic E-state index is 13.0. The van der Waals surface area contributed by atoms with Gasteiger partial charge in [0.2, 0.25) is 5.91 Å². The van der Waals surface area contributed by atoms with Crippen LogP contribution in [0.1, 0.15) is 17.0 Å². The zero-order valence-corrected chi connectivity index (χ0v) is 18.3. The monoisotopic (exact) mass is 444 g/mol. The van der Waals surface area contributed by atoms with E-state index in [1.165, 1.54) is 28.7 Å². The predicted molar refractivity (Wildman–Crippen MR) is 119 cm³/mol. The number of thiazole rings is 1. The van der Waals surface area contributed by atoms with Crippen molar-refractivity contribution in [2.24, 2.45) is 0 Å². The molecule has 1 aromatic carbocycles. The van der Waals surface area contributed by atoms with E-state index in [1.54, 1.807) is 16.3 Å². The largest absolute Gasteiger partial charge is 0.301 e. The van der Waals surface area contributed by atoms with Gasteiger partial charge >= 0.3 is 0 Å². The van der Waals surface area contributed by atoms with Crippen LogP contribution in [0.5, 0.6) is 0 Å². The summed E-state index contributed by atoms with van der Waals surface area (Å²) in [5.41, 5.74) is 2.91. The Morgan fingerprint density at radius 3 is 2.86 bits per heavy atom. The number of aryl methyl sites for hydroxylation is 3. The Kier molecular flexibility index (Phi) is 6.37. The number of aromatic nitrogens is 3. The van der Waals surface area contributed by atoms with E-state index in [0.29, 0.717) is 16.8 Å². The van der Waals surface area contributed by atoms with Gasteiger partial charge in [0.15, 0.2) is 10.3 Å². The van der Waals surface area contributed by atoms with Gasteiger partial charge in [-0.05, 0) is 18.9 Å². The molecule has 1 N–H and O–H groups in total. The number of anilines is 1. The fraction of sp³-hybridized carbons (Fsp3) is 0.300. The Balaban J connectivity index is 1.51. The highest BCUT2D eigenvalue weighted by atomic mass is 32.2. The quantitative estimate of drug-likeness (QED) is 0.443. The van der Waals surface area contributed by atoms with E-state index in [1.807, 2.05) is 30.5 Å². The number of carbonyl (C=O) groups is 1. The van der Waals surface area contributed by atoms with Crippen molar-refractivity contribution in [1.29, 1.82) is 0 Å². The molecule has 29 heavy (non-hydrogen) atoms. The summed E-state index contributed by atoms with van der Waals surface area (Å²) in [4.78, 5) is 35.1. The molecule has 0 aliphatic carbocycles. The summed E-state index contributed by atoms with van der Waals surface area (Å²) in [5, 5.41) is 5.90. The number of nitrogens with one attached hydrogen (secondary N) is 1. The van der Waals surface area contributed by atoms with E-state index in [4.69, 9.17) is 4.98 Å². The topological polar surface area (TPSA) is 76.9 Å². The second-order valence-electron chi connectivity index (χ2n) is 6.59. The zero-order valence-electron chi connectivity index (χ0n) is 15.9.